The van der Waals surface area contributed by atoms with E-state index in [0.29, 0.717) is 17.1 Å². The number of hydrogen-bond acceptors (Lipinski definition) is 8. The number of esters is 1. The van der Waals surface area contributed by atoms with Crippen LogP contribution >= 0.6 is 15.9 Å². The number of hydrogen-bond donors (Lipinski definition) is 0. The van der Waals surface area contributed by atoms with Crippen molar-refractivity contribution in [3.8, 4) is 0 Å². The zero-order chi connectivity index (χ0) is 29.0. The molecule has 1 aromatic carbocycles. The van der Waals surface area contributed by atoms with Crippen molar-refractivity contribution in [2.45, 2.75) is 97.9 Å². The lowest BCUT2D eigenvalue weighted by molar-refractivity contribution is 0.0430. The van der Waals surface area contributed by atoms with Crippen LogP contribution in [0.1, 0.15) is 90.1 Å². The molecule has 0 radical (unpaired) electrons. The molecule has 0 spiro atoms. The van der Waals surface area contributed by atoms with Crippen LogP contribution in [-0.2, 0) is 20.8 Å². The first-order chi connectivity index (χ1) is 18.2. The van der Waals surface area contributed by atoms with Gasteiger partial charge in [-0.25, -0.2) is 14.4 Å². The van der Waals surface area contributed by atoms with Crippen molar-refractivity contribution in [2.24, 2.45) is 0 Å². The number of rotatable bonds is 6. The minimum atomic E-state index is -0.929. The van der Waals surface area contributed by atoms with E-state index in [9.17, 15) is 14.4 Å². The molecular weight excluding hydrogens is 566 g/mol. The van der Waals surface area contributed by atoms with Crippen molar-refractivity contribution in [3.05, 3.63) is 27.7 Å². The summed E-state index contributed by atoms with van der Waals surface area (Å²) in [4.78, 5) is 45.6. The fourth-order valence-electron chi connectivity index (χ4n) is 4.95. The molecule has 218 valence electrons. The smallest absolute Gasteiger partial charge is 0.424 e. The van der Waals surface area contributed by atoms with Gasteiger partial charge in [0.15, 0.2) is 0 Å². The molecule has 0 N–H and O–H groups in total. The van der Waals surface area contributed by atoms with Gasteiger partial charge in [-0.3, -0.25) is 9.80 Å². The molecule has 39 heavy (non-hydrogen) atoms. The van der Waals surface area contributed by atoms with Crippen LogP contribution in [0.25, 0.3) is 0 Å². The zero-order valence-electron chi connectivity index (χ0n) is 24.5. The molecule has 2 saturated heterocycles. The third-order valence-electron chi connectivity index (χ3n) is 6.60. The van der Waals surface area contributed by atoms with Crippen molar-refractivity contribution in [1.29, 1.82) is 0 Å². The lowest BCUT2D eigenvalue weighted by Gasteiger charge is -2.32. The van der Waals surface area contributed by atoms with E-state index in [2.05, 4.69) is 25.7 Å². The van der Waals surface area contributed by atoms with Gasteiger partial charge in [-0.05, 0) is 98.5 Å². The molecule has 0 aliphatic carbocycles. The highest BCUT2D eigenvalue weighted by Gasteiger charge is 2.36. The average Bonchev–Trinajstić information content (AvgIpc) is 3.28. The molecule has 2 fully saturated rings. The number of imide groups is 1. The van der Waals surface area contributed by atoms with Crippen molar-refractivity contribution in [3.63, 3.8) is 0 Å². The van der Waals surface area contributed by atoms with Crippen molar-refractivity contribution in [1.82, 2.24) is 9.80 Å². The first-order valence-electron chi connectivity index (χ1n) is 13.9. The highest BCUT2D eigenvalue weighted by molar-refractivity contribution is 9.10. The van der Waals surface area contributed by atoms with Crippen LogP contribution in [0.4, 0.5) is 15.3 Å². The summed E-state index contributed by atoms with van der Waals surface area (Å²) in [6.45, 7) is 16.9. The van der Waals surface area contributed by atoms with Crippen molar-refractivity contribution < 1.29 is 28.6 Å². The monoisotopic (exact) mass is 609 g/mol. The first-order valence-corrected chi connectivity index (χ1v) is 14.7. The SMILES string of the molecule is CCOC(=O)c1cc(Br)c(CN2CC[C@@H](N3CCCCC3)C2)cc1N(C(=O)OC(C)(C)C)C(=O)OC(C)(C)C. The number of carbonyl (C=O) groups is 3. The van der Waals surface area contributed by atoms with Crippen LogP contribution in [-0.4, -0.2) is 78.0 Å². The topological polar surface area (TPSA) is 88.6 Å². The quantitative estimate of drug-likeness (QED) is 0.272. The van der Waals surface area contributed by atoms with Crippen LogP contribution in [0.3, 0.4) is 0 Å². The number of anilines is 1. The Morgan fingerprint density at radius 1 is 0.949 bits per heavy atom. The molecular formula is C29H44BrN3O6. The Balaban J connectivity index is 1.99. The number of nitrogens with zero attached hydrogens (tertiary/aromatic N) is 3. The summed E-state index contributed by atoms with van der Waals surface area (Å²) in [6, 6.07) is 3.84. The molecule has 2 amide bonds. The normalized spacial score (nSPS) is 19.0. The van der Waals surface area contributed by atoms with E-state index in [1.54, 1.807) is 60.6 Å². The maximum atomic E-state index is 13.4. The second-order valence-electron chi connectivity index (χ2n) is 12.3. The number of likely N-dealkylation sites (tertiary alicyclic amines) is 2. The second kappa shape index (κ2) is 13.0. The Morgan fingerprint density at radius 2 is 1.54 bits per heavy atom. The second-order valence-corrected chi connectivity index (χ2v) is 13.1. The maximum Gasteiger partial charge on any atom is 0.424 e. The zero-order valence-corrected chi connectivity index (χ0v) is 26.1. The van der Waals surface area contributed by atoms with Gasteiger partial charge in [-0.15, -0.1) is 0 Å². The standard InChI is InChI=1S/C29H44BrN3O6/c1-8-37-25(34)22-17-23(30)20(18-31-15-12-21(19-31)32-13-10-9-11-14-32)16-24(22)33(26(35)38-28(2,3)4)27(36)39-29(5,6)7/h16-17,21H,8-15,18-19H2,1-7H3/t21-/m1/s1. The molecule has 3 rings (SSSR count). The highest BCUT2D eigenvalue weighted by Crippen LogP contribution is 2.33. The van der Waals surface area contributed by atoms with Gasteiger partial charge < -0.3 is 14.2 Å². The molecule has 0 unspecified atom stereocenters. The Labute approximate surface area is 241 Å². The van der Waals surface area contributed by atoms with Gasteiger partial charge in [0, 0.05) is 30.1 Å². The number of benzene rings is 1. The summed E-state index contributed by atoms with van der Waals surface area (Å²) in [6.07, 6.45) is 3.07. The van der Waals surface area contributed by atoms with E-state index >= 15 is 0 Å². The molecule has 10 heteroatoms. The summed E-state index contributed by atoms with van der Waals surface area (Å²) in [7, 11) is 0. The molecule has 9 nitrogen and oxygen atoms in total. The van der Waals surface area contributed by atoms with Crippen LogP contribution in [0.15, 0.2) is 16.6 Å². The van der Waals surface area contributed by atoms with E-state index < -0.39 is 29.4 Å². The van der Waals surface area contributed by atoms with Crippen LogP contribution in [0.5, 0.6) is 0 Å². The predicted octanol–water partition coefficient (Wildman–Crippen LogP) is 6.36. The Morgan fingerprint density at radius 3 is 2.08 bits per heavy atom. The Bertz CT molecular complexity index is 1010. The minimum absolute atomic E-state index is 0.0665. The third kappa shape index (κ3) is 8.91. The van der Waals surface area contributed by atoms with E-state index in [4.69, 9.17) is 14.2 Å². The largest absolute Gasteiger partial charge is 0.462 e. The Kier molecular flexibility index (Phi) is 10.5. The van der Waals surface area contributed by atoms with Gasteiger partial charge in [0.05, 0.1) is 17.9 Å². The molecule has 1 atom stereocenters. The van der Waals surface area contributed by atoms with Gasteiger partial charge >= 0.3 is 18.2 Å². The van der Waals surface area contributed by atoms with Gasteiger partial charge in [-0.2, -0.15) is 4.90 Å². The summed E-state index contributed by atoms with van der Waals surface area (Å²) in [5.41, 5.74) is -0.773. The van der Waals surface area contributed by atoms with E-state index in [-0.39, 0.29) is 17.9 Å². The number of amides is 2. The van der Waals surface area contributed by atoms with Gasteiger partial charge in [0.25, 0.3) is 0 Å². The molecule has 1 aromatic rings. The van der Waals surface area contributed by atoms with Crippen LogP contribution < -0.4 is 4.90 Å². The van der Waals surface area contributed by atoms with Crippen molar-refractivity contribution >= 4 is 39.8 Å². The highest BCUT2D eigenvalue weighted by atomic mass is 79.9. The molecule has 2 aliphatic heterocycles. The van der Waals surface area contributed by atoms with E-state index in [1.165, 1.54) is 19.3 Å². The molecule has 2 aliphatic rings. The summed E-state index contributed by atoms with van der Waals surface area (Å²) in [5.74, 6) is -0.650. The number of halogens is 1. The maximum absolute atomic E-state index is 13.4. The Hall–Kier alpha value is -2.17. The number of ether oxygens (including phenoxy) is 3. The summed E-state index contributed by atoms with van der Waals surface area (Å²) >= 11 is 3.62. The average molecular weight is 611 g/mol. The fraction of sp³-hybridized carbons (Fsp3) is 0.690. The van der Waals surface area contributed by atoms with E-state index in [0.717, 1.165) is 43.1 Å². The lowest BCUT2D eigenvalue weighted by Crippen LogP contribution is -2.44. The van der Waals surface area contributed by atoms with Gasteiger partial charge in [0.2, 0.25) is 0 Å². The molecule has 0 aromatic heterocycles. The number of carbonyl (C=O) groups excluding carboxylic acids is 3. The first kappa shape index (κ1) is 31.4. The third-order valence-corrected chi connectivity index (χ3v) is 7.34. The summed E-state index contributed by atoms with van der Waals surface area (Å²) < 4.78 is 17.1. The summed E-state index contributed by atoms with van der Waals surface area (Å²) in [5, 5.41) is 0. The number of piperidine rings is 1. The minimum Gasteiger partial charge on any atom is -0.462 e. The molecule has 0 saturated carbocycles. The van der Waals surface area contributed by atoms with Gasteiger partial charge in [-0.1, -0.05) is 22.4 Å². The van der Waals surface area contributed by atoms with Crippen LogP contribution in [0, 0.1) is 0 Å². The lowest BCUT2D eigenvalue weighted by atomic mass is 10.1. The van der Waals surface area contributed by atoms with E-state index in [1.807, 2.05) is 0 Å². The predicted molar refractivity (Wildman–Crippen MR) is 154 cm³/mol. The molecule has 2 heterocycles. The fourth-order valence-corrected chi connectivity index (χ4v) is 5.42. The van der Waals surface area contributed by atoms with Gasteiger partial charge in [0.1, 0.15) is 11.2 Å². The molecule has 0 bridgehead atoms. The van der Waals surface area contributed by atoms with Crippen molar-refractivity contribution in [2.75, 3.05) is 37.7 Å². The van der Waals surface area contributed by atoms with Crippen LogP contribution in [0.2, 0.25) is 0 Å².